The fourth-order valence-electron chi connectivity index (χ4n) is 5.04. The minimum Gasteiger partial charge on any atom is -0.449 e. The number of carbonyl (C=O) groups excluding carboxylic acids is 1. The van der Waals surface area contributed by atoms with Gasteiger partial charge in [-0.2, -0.15) is 0 Å². The molecule has 1 spiro atoms. The highest BCUT2D eigenvalue weighted by Gasteiger charge is 2.78. The Morgan fingerprint density at radius 3 is 2.28 bits per heavy atom. The van der Waals surface area contributed by atoms with Gasteiger partial charge < -0.3 is 9.47 Å². The highest BCUT2D eigenvalue weighted by Crippen LogP contribution is 2.65. The first kappa shape index (κ1) is 16.7. The predicted octanol–water partition coefficient (Wildman–Crippen LogP) is 4.84. The van der Waals surface area contributed by atoms with E-state index in [9.17, 15) is 4.79 Å². The second-order valence-corrected chi connectivity index (χ2v) is 7.66. The summed E-state index contributed by atoms with van der Waals surface area (Å²) in [5, 5.41) is 0. The first-order valence-corrected chi connectivity index (χ1v) is 9.95. The molecule has 2 aliphatic heterocycles. The van der Waals surface area contributed by atoms with E-state index >= 15 is 0 Å². The molecule has 0 bridgehead atoms. The molecule has 3 aromatic rings. The van der Waals surface area contributed by atoms with Crippen molar-refractivity contribution >= 4 is 11.7 Å². The third kappa shape index (κ3) is 1.83. The van der Waals surface area contributed by atoms with Gasteiger partial charge in [0.2, 0.25) is 12.1 Å². The number of hydrogen-bond acceptors (Lipinski definition) is 4. The zero-order valence-electron chi connectivity index (χ0n) is 16.0. The van der Waals surface area contributed by atoms with Crippen LogP contribution in [0.1, 0.15) is 34.8 Å². The third-order valence-electron chi connectivity index (χ3n) is 6.31. The summed E-state index contributed by atoms with van der Waals surface area (Å²) in [5.74, 6) is 0.566. The van der Waals surface area contributed by atoms with E-state index < -0.39 is 17.4 Å². The van der Waals surface area contributed by atoms with Gasteiger partial charge in [-0.1, -0.05) is 85.8 Å². The molecule has 3 aromatic carbocycles. The van der Waals surface area contributed by atoms with E-state index in [0.29, 0.717) is 17.9 Å². The molecule has 0 aromatic heterocycles. The Balaban J connectivity index is 1.70. The van der Waals surface area contributed by atoms with Crippen LogP contribution in [0, 0.1) is 0 Å². The first-order chi connectivity index (χ1) is 14.2. The van der Waals surface area contributed by atoms with Crippen molar-refractivity contribution in [3.05, 3.63) is 95.6 Å². The summed E-state index contributed by atoms with van der Waals surface area (Å²) in [5.41, 5.74) is 2.24. The Labute approximate surface area is 168 Å². The molecule has 3 aliphatic rings. The van der Waals surface area contributed by atoms with Crippen LogP contribution < -0.4 is 0 Å². The van der Waals surface area contributed by atoms with Gasteiger partial charge >= 0.3 is 0 Å². The molecule has 0 saturated carbocycles. The van der Waals surface area contributed by atoms with E-state index in [-0.39, 0.29) is 5.78 Å². The number of nitrogens with zero attached hydrogens (tertiary/aromatic N) is 1. The number of carbonyl (C=O) groups is 1. The molecule has 3 atom stereocenters. The average Bonchev–Trinajstić information content (AvgIpc) is 3.08. The molecule has 0 radical (unpaired) electrons. The molecule has 0 N–H and O–H groups in total. The fourth-order valence-corrected chi connectivity index (χ4v) is 5.04. The van der Waals surface area contributed by atoms with Crippen LogP contribution in [-0.2, 0) is 20.6 Å². The minimum absolute atomic E-state index is 0.0587. The zero-order chi connectivity index (χ0) is 19.6. The highest BCUT2D eigenvalue weighted by atomic mass is 16.7. The van der Waals surface area contributed by atoms with E-state index in [4.69, 9.17) is 14.5 Å². The lowest BCUT2D eigenvalue weighted by Crippen LogP contribution is -2.71. The number of aliphatic imine (C=N–C) groups is 1. The van der Waals surface area contributed by atoms with Crippen molar-refractivity contribution in [1.29, 1.82) is 0 Å². The predicted molar refractivity (Wildman–Crippen MR) is 110 cm³/mol. The van der Waals surface area contributed by atoms with Gasteiger partial charge in [0, 0.05) is 17.5 Å². The van der Waals surface area contributed by atoms with Gasteiger partial charge in [0.1, 0.15) is 0 Å². The number of ether oxygens (including phenoxy) is 2. The number of fused-ring (bicyclic) bond motifs is 6. The number of hydrogen-bond donors (Lipinski definition) is 0. The van der Waals surface area contributed by atoms with Crippen LogP contribution >= 0.6 is 0 Å². The Hall–Kier alpha value is -3.24. The fraction of sp³-hybridized carbons (Fsp3) is 0.200. The van der Waals surface area contributed by atoms with Crippen molar-refractivity contribution in [2.45, 2.75) is 30.8 Å². The van der Waals surface area contributed by atoms with E-state index in [1.165, 1.54) is 0 Å². The van der Waals surface area contributed by atoms with Crippen molar-refractivity contribution in [3.8, 4) is 11.1 Å². The summed E-state index contributed by atoms with van der Waals surface area (Å²) >= 11 is 0. The SMILES string of the molecule is CCC1=N[C@@]2(c3ccccc3)[C@@H](O1)O[C@@]21C(=O)c2ccccc2-c2ccccc21. The third-order valence-corrected chi connectivity index (χ3v) is 6.31. The van der Waals surface area contributed by atoms with Crippen LogP contribution in [0.3, 0.4) is 0 Å². The monoisotopic (exact) mass is 381 g/mol. The minimum atomic E-state index is -1.24. The van der Waals surface area contributed by atoms with E-state index in [2.05, 4.69) is 6.07 Å². The van der Waals surface area contributed by atoms with Gasteiger partial charge in [0.25, 0.3) is 0 Å². The number of Topliss-reactive ketones (excluding diaryl/α,β-unsaturated/α-hetero) is 1. The zero-order valence-corrected chi connectivity index (χ0v) is 16.0. The molecule has 1 saturated heterocycles. The molecule has 4 heteroatoms. The van der Waals surface area contributed by atoms with Crippen molar-refractivity contribution in [2.24, 2.45) is 4.99 Å². The molecule has 2 heterocycles. The molecule has 4 nitrogen and oxygen atoms in total. The first-order valence-electron chi connectivity index (χ1n) is 9.95. The van der Waals surface area contributed by atoms with Crippen LogP contribution in [0.25, 0.3) is 11.1 Å². The van der Waals surface area contributed by atoms with E-state index in [1.807, 2.05) is 79.7 Å². The Bertz CT molecular complexity index is 1190. The van der Waals surface area contributed by atoms with Crippen LogP contribution in [0.2, 0.25) is 0 Å². The van der Waals surface area contributed by atoms with Crippen molar-refractivity contribution in [3.63, 3.8) is 0 Å². The lowest BCUT2D eigenvalue weighted by molar-refractivity contribution is -0.317. The van der Waals surface area contributed by atoms with Crippen LogP contribution in [0.5, 0.6) is 0 Å². The normalized spacial score (nSPS) is 28.7. The maximum absolute atomic E-state index is 14.0. The van der Waals surface area contributed by atoms with Gasteiger partial charge in [0.15, 0.2) is 17.0 Å². The molecular weight excluding hydrogens is 362 g/mol. The molecule has 29 heavy (non-hydrogen) atoms. The molecule has 0 unspecified atom stereocenters. The van der Waals surface area contributed by atoms with Crippen molar-refractivity contribution in [1.82, 2.24) is 0 Å². The maximum atomic E-state index is 14.0. The quantitative estimate of drug-likeness (QED) is 0.638. The summed E-state index contributed by atoms with van der Waals surface area (Å²) in [6, 6.07) is 25.7. The lowest BCUT2D eigenvalue weighted by atomic mass is 9.59. The largest absolute Gasteiger partial charge is 0.449 e. The molecule has 6 rings (SSSR count). The van der Waals surface area contributed by atoms with Gasteiger partial charge in [-0.3, -0.25) is 4.79 Å². The second-order valence-electron chi connectivity index (χ2n) is 7.66. The molecule has 1 aliphatic carbocycles. The molecule has 1 fully saturated rings. The molecule has 142 valence electrons. The maximum Gasteiger partial charge on any atom is 0.236 e. The second kappa shape index (κ2) is 5.65. The lowest BCUT2D eigenvalue weighted by Gasteiger charge is -2.58. The highest BCUT2D eigenvalue weighted by molar-refractivity contribution is 6.14. The van der Waals surface area contributed by atoms with Gasteiger partial charge in [-0.15, -0.1) is 0 Å². The molecule has 0 amide bonds. The summed E-state index contributed by atoms with van der Waals surface area (Å²) < 4.78 is 12.4. The van der Waals surface area contributed by atoms with Crippen molar-refractivity contribution in [2.75, 3.05) is 0 Å². The summed E-state index contributed by atoms with van der Waals surface area (Å²) in [6.45, 7) is 2.00. The van der Waals surface area contributed by atoms with Crippen LogP contribution in [0.15, 0.2) is 83.9 Å². The number of rotatable bonds is 2. The summed E-state index contributed by atoms with van der Waals surface area (Å²) in [6.07, 6.45) is 0.0406. The Kier molecular flexibility index (Phi) is 3.25. The van der Waals surface area contributed by atoms with Gasteiger partial charge in [-0.05, 0) is 16.7 Å². The van der Waals surface area contributed by atoms with E-state index in [0.717, 1.165) is 22.3 Å². The number of ketones is 1. The summed E-state index contributed by atoms with van der Waals surface area (Å²) in [7, 11) is 0. The topological polar surface area (TPSA) is 47.9 Å². The Morgan fingerprint density at radius 1 is 0.862 bits per heavy atom. The standard InChI is InChI=1S/C25H19NO3/c1-2-21-26-24(16-10-4-3-5-11-16)23(28-21)29-25(24)20-15-9-8-13-18(20)17-12-6-7-14-19(17)22(25)27/h3-15,23H,2H2,1H3/t23-,24-,25-/m0/s1. The molecular formula is C25H19NO3. The Morgan fingerprint density at radius 2 is 1.52 bits per heavy atom. The summed E-state index contributed by atoms with van der Waals surface area (Å²) in [4.78, 5) is 19.1. The number of benzene rings is 3. The van der Waals surface area contributed by atoms with Crippen LogP contribution in [0.4, 0.5) is 0 Å². The van der Waals surface area contributed by atoms with Crippen LogP contribution in [-0.4, -0.2) is 18.0 Å². The van der Waals surface area contributed by atoms with Crippen molar-refractivity contribution < 1.29 is 14.3 Å². The van der Waals surface area contributed by atoms with E-state index in [1.54, 1.807) is 0 Å². The average molecular weight is 381 g/mol. The van der Waals surface area contributed by atoms with Gasteiger partial charge in [-0.25, -0.2) is 4.99 Å². The van der Waals surface area contributed by atoms with Gasteiger partial charge in [0.05, 0.1) is 0 Å². The smallest absolute Gasteiger partial charge is 0.236 e.